The van der Waals surface area contributed by atoms with Crippen molar-refractivity contribution >= 4 is 51.0 Å². The van der Waals surface area contributed by atoms with E-state index in [2.05, 4.69) is 25.7 Å². The standard InChI is InChI=1S/C21H21N7O4S/c1-28-8-6-16(27-28)25-19(30)15-10-33-21(24-15)26-18(29)11-4-5-14-13(9-11)12(3-2-7-22)17(23-14)20(31)32/h4-6,8-10,23H,2-3,7,22H2,1H3,(H,31,32)(H,24,26,29)(H,25,27,30). The van der Waals surface area contributed by atoms with Crippen molar-refractivity contribution in [3.05, 3.63) is 58.4 Å². The van der Waals surface area contributed by atoms with Crippen molar-refractivity contribution in [2.24, 2.45) is 12.8 Å². The molecule has 12 heteroatoms. The van der Waals surface area contributed by atoms with Crippen molar-refractivity contribution in [3.8, 4) is 0 Å². The van der Waals surface area contributed by atoms with Crippen molar-refractivity contribution in [2.45, 2.75) is 12.8 Å². The Hall–Kier alpha value is -4.03. The number of nitrogens with zero attached hydrogens (tertiary/aromatic N) is 3. The molecule has 3 heterocycles. The number of aromatic amines is 1. The van der Waals surface area contributed by atoms with Crippen molar-refractivity contribution in [1.29, 1.82) is 0 Å². The number of carboxylic acids is 1. The molecule has 0 saturated carbocycles. The summed E-state index contributed by atoms with van der Waals surface area (Å²) in [4.78, 5) is 43.8. The summed E-state index contributed by atoms with van der Waals surface area (Å²) in [5.74, 6) is -1.54. The number of H-pyrrole nitrogens is 1. The number of amides is 2. The first-order chi connectivity index (χ1) is 15.9. The lowest BCUT2D eigenvalue weighted by Crippen LogP contribution is -2.14. The van der Waals surface area contributed by atoms with E-state index in [1.54, 1.807) is 42.2 Å². The number of carboxylic acid groups (broad SMARTS) is 1. The van der Waals surface area contributed by atoms with E-state index in [0.717, 1.165) is 11.3 Å². The first-order valence-corrected chi connectivity index (χ1v) is 10.9. The summed E-state index contributed by atoms with van der Waals surface area (Å²) in [7, 11) is 1.74. The zero-order valence-electron chi connectivity index (χ0n) is 17.6. The number of nitrogens with two attached hydrogens (primary N) is 1. The SMILES string of the molecule is Cn1ccc(NC(=O)c2csc(NC(=O)c3ccc4[nH]c(C(=O)O)c(CCCN)c4c3)n2)n1. The number of hydrogen-bond donors (Lipinski definition) is 5. The molecule has 0 aliphatic heterocycles. The van der Waals surface area contributed by atoms with Crippen molar-refractivity contribution < 1.29 is 19.5 Å². The van der Waals surface area contributed by atoms with Crippen LogP contribution >= 0.6 is 11.3 Å². The minimum absolute atomic E-state index is 0.0968. The molecule has 0 radical (unpaired) electrons. The second-order valence-electron chi connectivity index (χ2n) is 7.26. The van der Waals surface area contributed by atoms with Crippen LogP contribution in [0.2, 0.25) is 0 Å². The van der Waals surface area contributed by atoms with Gasteiger partial charge in [0.05, 0.1) is 0 Å². The number of aromatic nitrogens is 4. The van der Waals surface area contributed by atoms with Crippen LogP contribution in [0.5, 0.6) is 0 Å². The average molecular weight is 468 g/mol. The smallest absolute Gasteiger partial charge is 0.352 e. The molecule has 0 aliphatic rings. The molecule has 33 heavy (non-hydrogen) atoms. The Bertz CT molecular complexity index is 1350. The summed E-state index contributed by atoms with van der Waals surface area (Å²) in [5, 5.41) is 21.3. The number of aromatic carboxylic acids is 1. The highest BCUT2D eigenvalue weighted by Crippen LogP contribution is 2.26. The fourth-order valence-corrected chi connectivity index (χ4v) is 4.06. The molecule has 2 amide bonds. The van der Waals surface area contributed by atoms with Gasteiger partial charge >= 0.3 is 5.97 Å². The average Bonchev–Trinajstić information content (AvgIpc) is 3.50. The highest BCUT2D eigenvalue weighted by molar-refractivity contribution is 7.14. The molecule has 4 aromatic rings. The molecule has 0 aliphatic carbocycles. The minimum atomic E-state index is -1.07. The predicted octanol–water partition coefficient (Wildman–Crippen LogP) is 2.45. The number of carbonyl (C=O) groups is 3. The van der Waals surface area contributed by atoms with Crippen molar-refractivity contribution in [2.75, 3.05) is 17.2 Å². The second-order valence-corrected chi connectivity index (χ2v) is 8.12. The molecular weight excluding hydrogens is 446 g/mol. The highest BCUT2D eigenvalue weighted by Gasteiger charge is 2.19. The maximum absolute atomic E-state index is 12.8. The van der Waals surface area contributed by atoms with E-state index in [-0.39, 0.29) is 16.5 Å². The van der Waals surface area contributed by atoms with Crippen LogP contribution in [0.25, 0.3) is 10.9 Å². The number of fused-ring (bicyclic) bond motifs is 1. The van der Waals surface area contributed by atoms with Gasteiger partial charge in [0.15, 0.2) is 10.9 Å². The lowest BCUT2D eigenvalue weighted by Gasteiger charge is -2.04. The van der Waals surface area contributed by atoms with Gasteiger partial charge < -0.3 is 21.1 Å². The van der Waals surface area contributed by atoms with Gasteiger partial charge in [0.2, 0.25) is 0 Å². The quantitative estimate of drug-likeness (QED) is 0.265. The summed E-state index contributed by atoms with van der Waals surface area (Å²) in [6.07, 6.45) is 2.79. The first kappa shape index (κ1) is 22.2. The van der Waals surface area contributed by atoms with E-state index in [4.69, 9.17) is 5.73 Å². The number of hydrogen-bond acceptors (Lipinski definition) is 7. The highest BCUT2D eigenvalue weighted by atomic mass is 32.1. The second kappa shape index (κ2) is 9.22. The molecule has 3 aromatic heterocycles. The van der Waals surface area contributed by atoms with E-state index in [9.17, 15) is 19.5 Å². The molecule has 0 spiro atoms. The number of aryl methyl sites for hydroxylation is 2. The third-order valence-electron chi connectivity index (χ3n) is 4.93. The van der Waals surface area contributed by atoms with Gasteiger partial charge in [0, 0.05) is 41.2 Å². The van der Waals surface area contributed by atoms with Crippen LogP contribution in [0.3, 0.4) is 0 Å². The van der Waals surface area contributed by atoms with Gasteiger partial charge in [-0.05, 0) is 43.1 Å². The maximum atomic E-state index is 12.8. The summed E-state index contributed by atoms with van der Waals surface area (Å²) in [6.45, 7) is 0.423. The van der Waals surface area contributed by atoms with Crippen LogP contribution < -0.4 is 16.4 Å². The number of carbonyl (C=O) groups excluding carboxylic acids is 2. The third-order valence-corrected chi connectivity index (χ3v) is 5.68. The molecule has 0 fully saturated rings. The predicted molar refractivity (Wildman–Crippen MR) is 124 cm³/mol. The summed E-state index contributed by atoms with van der Waals surface area (Å²) in [5.41, 5.74) is 7.40. The fourth-order valence-electron chi connectivity index (χ4n) is 3.38. The molecule has 0 atom stereocenters. The lowest BCUT2D eigenvalue weighted by molar-refractivity contribution is 0.0690. The Morgan fingerprint density at radius 2 is 2.03 bits per heavy atom. The van der Waals surface area contributed by atoms with Crippen LogP contribution in [0.15, 0.2) is 35.8 Å². The Kier molecular flexibility index (Phi) is 6.20. The van der Waals surface area contributed by atoms with Crippen molar-refractivity contribution in [1.82, 2.24) is 19.7 Å². The first-order valence-electron chi connectivity index (χ1n) is 10.0. The maximum Gasteiger partial charge on any atom is 0.352 e. The van der Waals surface area contributed by atoms with Crippen LogP contribution in [-0.4, -0.2) is 49.2 Å². The third kappa shape index (κ3) is 4.76. The Morgan fingerprint density at radius 1 is 1.21 bits per heavy atom. The van der Waals surface area contributed by atoms with Gasteiger partial charge in [-0.1, -0.05) is 0 Å². The molecule has 0 bridgehead atoms. The largest absolute Gasteiger partial charge is 0.477 e. The normalized spacial score (nSPS) is 11.0. The number of benzene rings is 1. The Labute approximate surface area is 191 Å². The number of nitrogens with one attached hydrogen (secondary N) is 3. The van der Waals surface area contributed by atoms with Gasteiger partial charge in [0.25, 0.3) is 11.8 Å². The topological polar surface area (TPSA) is 168 Å². The van der Waals surface area contributed by atoms with Gasteiger partial charge in [0.1, 0.15) is 11.4 Å². The van der Waals surface area contributed by atoms with Crippen LogP contribution in [-0.2, 0) is 13.5 Å². The van der Waals surface area contributed by atoms with Gasteiger partial charge in [-0.2, -0.15) is 5.10 Å². The van der Waals surface area contributed by atoms with E-state index in [1.165, 1.54) is 5.38 Å². The molecular formula is C21H21N7O4S. The molecule has 1 aromatic carbocycles. The Balaban J connectivity index is 1.52. The zero-order chi connectivity index (χ0) is 23.5. The number of rotatable bonds is 8. The van der Waals surface area contributed by atoms with Crippen LogP contribution in [0.4, 0.5) is 10.9 Å². The molecule has 11 nitrogen and oxygen atoms in total. The Morgan fingerprint density at radius 3 is 2.73 bits per heavy atom. The zero-order valence-corrected chi connectivity index (χ0v) is 18.4. The monoisotopic (exact) mass is 467 g/mol. The van der Waals surface area contributed by atoms with Crippen LogP contribution in [0, 0.1) is 0 Å². The fraction of sp³-hybridized carbons (Fsp3) is 0.190. The van der Waals surface area contributed by atoms with E-state index >= 15 is 0 Å². The molecule has 4 rings (SSSR count). The van der Waals surface area contributed by atoms with Crippen molar-refractivity contribution in [3.63, 3.8) is 0 Å². The van der Waals surface area contributed by atoms with E-state index in [0.29, 0.717) is 47.2 Å². The molecule has 0 saturated heterocycles. The number of anilines is 2. The molecule has 170 valence electrons. The minimum Gasteiger partial charge on any atom is -0.477 e. The van der Waals surface area contributed by atoms with Gasteiger partial charge in [-0.15, -0.1) is 11.3 Å². The van der Waals surface area contributed by atoms with E-state index < -0.39 is 17.8 Å². The summed E-state index contributed by atoms with van der Waals surface area (Å²) < 4.78 is 1.56. The lowest BCUT2D eigenvalue weighted by atomic mass is 10.0. The summed E-state index contributed by atoms with van der Waals surface area (Å²) >= 11 is 1.12. The molecule has 0 unspecified atom stereocenters. The van der Waals surface area contributed by atoms with Gasteiger partial charge in [-0.3, -0.25) is 19.6 Å². The van der Waals surface area contributed by atoms with Crippen LogP contribution in [0.1, 0.15) is 43.3 Å². The van der Waals surface area contributed by atoms with E-state index in [1.807, 2.05) is 0 Å². The molecule has 6 N–H and O–H groups in total. The number of thiazole rings is 1. The summed E-state index contributed by atoms with van der Waals surface area (Å²) in [6, 6.07) is 6.55. The van der Waals surface area contributed by atoms with Gasteiger partial charge in [-0.25, -0.2) is 9.78 Å².